The lowest BCUT2D eigenvalue weighted by Crippen LogP contribution is -2.43. The van der Waals surface area contributed by atoms with Crippen LogP contribution in [0.3, 0.4) is 0 Å². The minimum absolute atomic E-state index is 0.0743. The molecule has 0 aromatic heterocycles. The second kappa shape index (κ2) is 5.04. The van der Waals surface area contributed by atoms with E-state index in [9.17, 15) is 13.6 Å². The van der Waals surface area contributed by atoms with Crippen LogP contribution in [0.4, 0.5) is 8.78 Å². The van der Waals surface area contributed by atoms with Crippen molar-refractivity contribution in [3.8, 4) is 0 Å². The summed E-state index contributed by atoms with van der Waals surface area (Å²) in [4.78, 5) is 11.2. The van der Waals surface area contributed by atoms with E-state index in [0.717, 1.165) is 18.6 Å². The van der Waals surface area contributed by atoms with Gasteiger partial charge in [0.25, 0.3) is 0 Å². The molecule has 1 saturated heterocycles. The zero-order valence-electron chi connectivity index (χ0n) is 11.4. The Kier molecular flexibility index (Phi) is 3.77. The predicted octanol–water partition coefficient (Wildman–Crippen LogP) is 2.81. The number of halogens is 2. The molecule has 1 aromatic carbocycles. The van der Waals surface area contributed by atoms with Crippen molar-refractivity contribution in [3.63, 3.8) is 0 Å². The lowest BCUT2D eigenvalue weighted by atomic mass is 9.53. The first-order valence-electron chi connectivity index (χ1n) is 6.42. The van der Waals surface area contributed by atoms with Crippen LogP contribution in [0.15, 0.2) is 12.1 Å². The number of ketones is 1. The molecule has 1 aliphatic rings. The van der Waals surface area contributed by atoms with Crippen molar-refractivity contribution in [2.45, 2.75) is 33.5 Å². The van der Waals surface area contributed by atoms with Crippen molar-refractivity contribution in [1.29, 1.82) is 0 Å². The van der Waals surface area contributed by atoms with Gasteiger partial charge in [0.05, 0.1) is 5.56 Å². The number of benzene rings is 1. The number of carbonyl (C=O) groups is 1. The van der Waals surface area contributed by atoms with Gasteiger partial charge in [-0.1, -0.05) is 13.8 Å². The normalized spacial score (nSPS) is 18.5. The SMILES string of the molecule is CC(=O)c1cc(F)c(B2CCC(C)(C)CO2)cc1F. The van der Waals surface area contributed by atoms with Crippen molar-refractivity contribution < 1.29 is 18.2 Å². The molecule has 0 aliphatic carbocycles. The maximum Gasteiger partial charge on any atom is 0.329 e. The summed E-state index contributed by atoms with van der Waals surface area (Å²) in [5.41, 5.74) is 0.0700. The van der Waals surface area contributed by atoms with Gasteiger partial charge in [-0.3, -0.25) is 4.79 Å². The van der Waals surface area contributed by atoms with Crippen molar-refractivity contribution >= 4 is 18.2 Å². The molecular weight excluding hydrogens is 249 g/mol. The van der Waals surface area contributed by atoms with Crippen molar-refractivity contribution in [2.24, 2.45) is 5.41 Å². The quantitative estimate of drug-likeness (QED) is 0.607. The van der Waals surface area contributed by atoms with Gasteiger partial charge in [0.2, 0.25) is 0 Å². The van der Waals surface area contributed by atoms with Gasteiger partial charge in [0.1, 0.15) is 11.6 Å². The van der Waals surface area contributed by atoms with Crippen LogP contribution in [0.25, 0.3) is 0 Å². The van der Waals surface area contributed by atoms with Crippen LogP contribution in [0.1, 0.15) is 37.6 Å². The summed E-state index contributed by atoms with van der Waals surface area (Å²) in [5.74, 6) is -1.73. The number of rotatable bonds is 2. The van der Waals surface area contributed by atoms with Crippen LogP contribution >= 0.6 is 0 Å². The monoisotopic (exact) mass is 266 g/mol. The lowest BCUT2D eigenvalue weighted by molar-refractivity contribution is 0.101. The summed E-state index contributed by atoms with van der Waals surface area (Å²) >= 11 is 0. The molecule has 2 rings (SSSR count). The Balaban J connectivity index is 2.27. The summed E-state index contributed by atoms with van der Waals surface area (Å²) in [6, 6.07) is 2.06. The molecule has 0 atom stereocenters. The minimum atomic E-state index is -0.683. The molecule has 1 aliphatic heterocycles. The maximum atomic E-state index is 14.0. The van der Waals surface area contributed by atoms with E-state index in [1.165, 1.54) is 6.92 Å². The van der Waals surface area contributed by atoms with Gasteiger partial charge in [-0.25, -0.2) is 8.78 Å². The lowest BCUT2D eigenvalue weighted by Gasteiger charge is -2.33. The second-order valence-electron chi connectivity index (χ2n) is 5.91. The Labute approximate surface area is 112 Å². The first kappa shape index (κ1) is 14.2. The molecule has 0 radical (unpaired) electrons. The summed E-state index contributed by atoms with van der Waals surface area (Å²) in [6.45, 7) is 5.48. The Morgan fingerprint density at radius 2 is 2.00 bits per heavy atom. The fourth-order valence-electron chi connectivity index (χ4n) is 2.33. The third-order valence-corrected chi connectivity index (χ3v) is 3.57. The highest BCUT2D eigenvalue weighted by atomic mass is 19.1. The number of carbonyl (C=O) groups excluding carboxylic acids is 1. The van der Waals surface area contributed by atoms with Gasteiger partial charge < -0.3 is 4.65 Å². The Bertz CT molecular complexity index is 504. The van der Waals surface area contributed by atoms with Gasteiger partial charge in [-0.05, 0) is 42.7 Å². The maximum absolute atomic E-state index is 14.0. The molecule has 0 bridgehead atoms. The molecule has 102 valence electrons. The van der Waals surface area contributed by atoms with Crippen molar-refractivity contribution in [2.75, 3.05) is 6.61 Å². The molecule has 19 heavy (non-hydrogen) atoms. The van der Waals surface area contributed by atoms with E-state index >= 15 is 0 Å². The first-order valence-corrected chi connectivity index (χ1v) is 6.42. The highest BCUT2D eigenvalue weighted by Crippen LogP contribution is 2.29. The van der Waals surface area contributed by atoms with E-state index in [1.807, 2.05) is 0 Å². The van der Waals surface area contributed by atoms with Crippen LogP contribution in [0.2, 0.25) is 6.32 Å². The molecule has 1 heterocycles. The standard InChI is InChI=1S/C14H17BF2O2/c1-9(18)10-6-13(17)11(7-12(10)16)15-5-4-14(2,3)8-19-15/h6-7H,4-5,8H2,1-3H3. The number of Topliss-reactive ketones (excluding diaryl/α,β-unsaturated/α-hetero) is 1. The predicted molar refractivity (Wildman–Crippen MR) is 70.9 cm³/mol. The zero-order chi connectivity index (χ0) is 14.2. The largest absolute Gasteiger partial charge is 0.430 e. The Morgan fingerprint density at radius 3 is 2.53 bits per heavy atom. The fourth-order valence-corrected chi connectivity index (χ4v) is 2.33. The third kappa shape index (κ3) is 3.03. The topological polar surface area (TPSA) is 26.3 Å². The van der Waals surface area contributed by atoms with E-state index in [1.54, 1.807) is 0 Å². The molecular formula is C14H17BF2O2. The third-order valence-electron chi connectivity index (χ3n) is 3.57. The summed E-state index contributed by atoms with van der Waals surface area (Å²) in [7, 11) is 0. The smallest absolute Gasteiger partial charge is 0.329 e. The average molecular weight is 266 g/mol. The molecule has 2 nitrogen and oxygen atoms in total. The van der Waals surface area contributed by atoms with Crippen LogP contribution in [-0.2, 0) is 4.65 Å². The van der Waals surface area contributed by atoms with Crippen LogP contribution in [-0.4, -0.2) is 19.3 Å². The molecule has 0 spiro atoms. The van der Waals surface area contributed by atoms with E-state index in [2.05, 4.69) is 13.8 Å². The van der Waals surface area contributed by atoms with E-state index in [-0.39, 0.29) is 16.4 Å². The molecule has 0 saturated carbocycles. The minimum Gasteiger partial charge on any atom is -0.430 e. The van der Waals surface area contributed by atoms with Gasteiger partial charge in [-0.2, -0.15) is 0 Å². The highest BCUT2D eigenvalue weighted by Gasteiger charge is 2.33. The van der Waals surface area contributed by atoms with E-state index < -0.39 is 24.3 Å². The Hall–Kier alpha value is -1.23. The first-order chi connectivity index (χ1) is 8.80. The summed E-state index contributed by atoms with van der Waals surface area (Å²) in [5, 5.41) is 0. The number of hydrogen-bond acceptors (Lipinski definition) is 2. The highest BCUT2D eigenvalue weighted by molar-refractivity contribution is 6.67. The van der Waals surface area contributed by atoms with Gasteiger partial charge >= 0.3 is 6.92 Å². The molecule has 0 unspecified atom stereocenters. The zero-order valence-corrected chi connectivity index (χ0v) is 11.4. The van der Waals surface area contributed by atoms with Gasteiger partial charge in [-0.15, -0.1) is 0 Å². The van der Waals surface area contributed by atoms with Gasteiger partial charge in [0.15, 0.2) is 5.78 Å². The van der Waals surface area contributed by atoms with E-state index in [4.69, 9.17) is 4.65 Å². The molecule has 0 N–H and O–H groups in total. The summed E-state index contributed by atoms with van der Waals surface area (Å²) in [6.07, 6.45) is 1.55. The van der Waals surface area contributed by atoms with Crippen LogP contribution in [0, 0.1) is 17.0 Å². The molecule has 5 heteroatoms. The van der Waals surface area contributed by atoms with Crippen LogP contribution < -0.4 is 5.46 Å². The Morgan fingerprint density at radius 1 is 1.32 bits per heavy atom. The van der Waals surface area contributed by atoms with E-state index in [0.29, 0.717) is 12.9 Å². The molecule has 1 fully saturated rings. The van der Waals surface area contributed by atoms with Crippen LogP contribution in [0.5, 0.6) is 0 Å². The fraction of sp³-hybridized carbons (Fsp3) is 0.500. The average Bonchev–Trinajstić information content (AvgIpc) is 2.31. The number of hydrogen-bond donors (Lipinski definition) is 0. The van der Waals surface area contributed by atoms with Gasteiger partial charge in [0, 0.05) is 6.61 Å². The summed E-state index contributed by atoms with van der Waals surface area (Å²) < 4.78 is 33.3. The molecule has 0 amide bonds. The molecule has 1 aromatic rings. The van der Waals surface area contributed by atoms with Crippen molar-refractivity contribution in [3.05, 3.63) is 29.3 Å². The van der Waals surface area contributed by atoms with Crippen molar-refractivity contribution in [1.82, 2.24) is 0 Å². The second-order valence-corrected chi connectivity index (χ2v) is 5.91.